The molecule has 0 fully saturated rings. The molecule has 1 aromatic heterocycles. The number of aryl methyl sites for hydroxylation is 1. The highest BCUT2D eigenvalue weighted by atomic mass is 14.9. The van der Waals surface area contributed by atoms with Crippen LogP contribution < -0.4 is 5.32 Å². The Labute approximate surface area is 80.4 Å². The number of nitrogens with one attached hydrogen (secondary N) is 1. The van der Waals surface area contributed by atoms with Crippen LogP contribution in [-0.4, -0.2) is 17.6 Å². The van der Waals surface area contributed by atoms with E-state index in [9.17, 15) is 0 Å². The Bertz CT molecular complexity index is 279. The van der Waals surface area contributed by atoms with Crippen molar-refractivity contribution in [3.63, 3.8) is 0 Å². The van der Waals surface area contributed by atoms with Crippen LogP contribution in [0.5, 0.6) is 0 Å². The van der Waals surface area contributed by atoms with Crippen molar-refractivity contribution >= 4 is 0 Å². The standard InChI is InChI=1S/C11H18N2/c1-9-10(6-5-7-13-9)8-11(2,3)12-4/h5-7,12H,8H2,1-4H3. The maximum absolute atomic E-state index is 4.27. The zero-order valence-electron chi connectivity index (χ0n) is 8.89. The molecule has 0 aliphatic rings. The van der Waals surface area contributed by atoms with Crippen LogP contribution in [-0.2, 0) is 6.42 Å². The molecule has 2 heteroatoms. The molecule has 0 aromatic carbocycles. The van der Waals surface area contributed by atoms with Gasteiger partial charge in [-0.3, -0.25) is 4.98 Å². The van der Waals surface area contributed by atoms with E-state index in [1.165, 1.54) is 5.56 Å². The topological polar surface area (TPSA) is 24.9 Å². The van der Waals surface area contributed by atoms with E-state index in [0.717, 1.165) is 12.1 Å². The van der Waals surface area contributed by atoms with Gasteiger partial charge in [0.2, 0.25) is 0 Å². The van der Waals surface area contributed by atoms with Gasteiger partial charge in [-0.05, 0) is 45.9 Å². The van der Waals surface area contributed by atoms with E-state index in [1.54, 1.807) is 0 Å². The van der Waals surface area contributed by atoms with Crippen LogP contribution in [0.2, 0.25) is 0 Å². The molecule has 1 aromatic rings. The van der Waals surface area contributed by atoms with Gasteiger partial charge in [-0.1, -0.05) is 6.07 Å². The van der Waals surface area contributed by atoms with Gasteiger partial charge in [0.1, 0.15) is 0 Å². The highest BCUT2D eigenvalue weighted by molar-refractivity contribution is 5.20. The van der Waals surface area contributed by atoms with Crippen molar-refractivity contribution < 1.29 is 0 Å². The smallest absolute Gasteiger partial charge is 0.0405 e. The third kappa shape index (κ3) is 2.81. The van der Waals surface area contributed by atoms with Crippen molar-refractivity contribution in [1.29, 1.82) is 0 Å². The van der Waals surface area contributed by atoms with Gasteiger partial charge >= 0.3 is 0 Å². The van der Waals surface area contributed by atoms with Crippen LogP contribution in [0, 0.1) is 6.92 Å². The van der Waals surface area contributed by atoms with Crippen molar-refractivity contribution in [3.8, 4) is 0 Å². The molecule has 13 heavy (non-hydrogen) atoms. The Balaban J connectivity index is 2.80. The molecule has 72 valence electrons. The Morgan fingerprint density at radius 1 is 1.46 bits per heavy atom. The third-order valence-electron chi connectivity index (χ3n) is 2.43. The summed E-state index contributed by atoms with van der Waals surface area (Å²) in [6, 6.07) is 4.13. The predicted octanol–water partition coefficient (Wildman–Crippen LogP) is 1.93. The Morgan fingerprint density at radius 2 is 2.15 bits per heavy atom. The molecular formula is C11H18N2. The van der Waals surface area contributed by atoms with E-state index < -0.39 is 0 Å². The first kappa shape index (κ1) is 10.2. The summed E-state index contributed by atoms with van der Waals surface area (Å²) >= 11 is 0. The minimum absolute atomic E-state index is 0.147. The van der Waals surface area contributed by atoms with Crippen molar-refractivity contribution in [2.75, 3.05) is 7.05 Å². The molecule has 0 spiro atoms. The highest BCUT2D eigenvalue weighted by Gasteiger charge is 2.16. The van der Waals surface area contributed by atoms with Crippen molar-refractivity contribution in [1.82, 2.24) is 10.3 Å². The second-order valence-corrected chi connectivity index (χ2v) is 4.06. The lowest BCUT2D eigenvalue weighted by Gasteiger charge is -2.24. The van der Waals surface area contributed by atoms with E-state index in [1.807, 2.05) is 19.3 Å². The van der Waals surface area contributed by atoms with Gasteiger partial charge in [-0.15, -0.1) is 0 Å². The largest absolute Gasteiger partial charge is 0.314 e. The van der Waals surface area contributed by atoms with Crippen LogP contribution in [0.3, 0.4) is 0 Å². The van der Waals surface area contributed by atoms with Crippen molar-refractivity contribution in [2.45, 2.75) is 32.7 Å². The van der Waals surface area contributed by atoms with Gasteiger partial charge < -0.3 is 5.32 Å². The first-order valence-corrected chi connectivity index (χ1v) is 4.64. The lowest BCUT2D eigenvalue weighted by atomic mass is 9.94. The summed E-state index contributed by atoms with van der Waals surface area (Å²) in [7, 11) is 1.99. The zero-order valence-corrected chi connectivity index (χ0v) is 8.89. The fourth-order valence-corrected chi connectivity index (χ4v) is 1.27. The molecule has 1 heterocycles. The fourth-order valence-electron chi connectivity index (χ4n) is 1.27. The first-order valence-electron chi connectivity index (χ1n) is 4.64. The molecule has 0 saturated carbocycles. The summed E-state index contributed by atoms with van der Waals surface area (Å²) in [5.74, 6) is 0. The summed E-state index contributed by atoms with van der Waals surface area (Å²) < 4.78 is 0. The summed E-state index contributed by atoms with van der Waals surface area (Å²) in [6.07, 6.45) is 2.86. The second kappa shape index (κ2) is 3.88. The van der Waals surface area contributed by atoms with Crippen LogP contribution >= 0.6 is 0 Å². The van der Waals surface area contributed by atoms with Gasteiger partial charge in [-0.2, -0.15) is 0 Å². The van der Waals surface area contributed by atoms with Gasteiger partial charge in [0, 0.05) is 17.4 Å². The fraction of sp³-hybridized carbons (Fsp3) is 0.545. The average Bonchev–Trinajstić information content (AvgIpc) is 2.09. The molecule has 0 aliphatic heterocycles. The minimum Gasteiger partial charge on any atom is -0.314 e. The normalized spacial score (nSPS) is 11.7. The number of aromatic nitrogens is 1. The average molecular weight is 178 g/mol. The van der Waals surface area contributed by atoms with Gasteiger partial charge in [0.15, 0.2) is 0 Å². The molecule has 0 unspecified atom stereocenters. The molecule has 0 amide bonds. The number of pyridine rings is 1. The second-order valence-electron chi connectivity index (χ2n) is 4.06. The molecular weight excluding hydrogens is 160 g/mol. The first-order chi connectivity index (χ1) is 6.05. The molecule has 1 rings (SSSR count). The Hall–Kier alpha value is -0.890. The van der Waals surface area contributed by atoms with Crippen molar-refractivity contribution in [2.24, 2.45) is 0 Å². The number of rotatable bonds is 3. The van der Waals surface area contributed by atoms with E-state index in [-0.39, 0.29) is 5.54 Å². The molecule has 1 N–H and O–H groups in total. The van der Waals surface area contributed by atoms with Gasteiger partial charge in [0.25, 0.3) is 0 Å². The number of hydrogen-bond donors (Lipinski definition) is 1. The lowest BCUT2D eigenvalue weighted by Crippen LogP contribution is -2.38. The summed E-state index contributed by atoms with van der Waals surface area (Å²) in [5.41, 5.74) is 2.60. The highest BCUT2D eigenvalue weighted by Crippen LogP contribution is 2.13. The molecule has 0 radical (unpaired) electrons. The van der Waals surface area contributed by atoms with Crippen molar-refractivity contribution in [3.05, 3.63) is 29.6 Å². The van der Waals surface area contributed by atoms with Crippen LogP contribution in [0.4, 0.5) is 0 Å². The van der Waals surface area contributed by atoms with Gasteiger partial charge in [0.05, 0.1) is 0 Å². The summed E-state index contributed by atoms with van der Waals surface area (Å²) in [4.78, 5) is 4.27. The summed E-state index contributed by atoms with van der Waals surface area (Å²) in [5, 5.41) is 3.29. The van der Waals surface area contributed by atoms with Crippen LogP contribution in [0.15, 0.2) is 18.3 Å². The summed E-state index contributed by atoms with van der Waals surface area (Å²) in [6.45, 7) is 6.44. The maximum atomic E-state index is 4.27. The SMILES string of the molecule is CNC(C)(C)Cc1cccnc1C. The molecule has 0 aliphatic carbocycles. The number of hydrogen-bond acceptors (Lipinski definition) is 2. The lowest BCUT2D eigenvalue weighted by molar-refractivity contribution is 0.420. The van der Waals surface area contributed by atoms with E-state index in [4.69, 9.17) is 0 Å². The third-order valence-corrected chi connectivity index (χ3v) is 2.43. The Morgan fingerprint density at radius 3 is 2.69 bits per heavy atom. The van der Waals surface area contributed by atoms with E-state index in [2.05, 4.69) is 37.1 Å². The van der Waals surface area contributed by atoms with E-state index in [0.29, 0.717) is 0 Å². The predicted molar refractivity (Wildman–Crippen MR) is 55.8 cm³/mol. The number of likely N-dealkylation sites (N-methyl/N-ethyl adjacent to an activating group) is 1. The molecule has 0 bridgehead atoms. The van der Waals surface area contributed by atoms with Crippen LogP contribution in [0.1, 0.15) is 25.1 Å². The number of nitrogens with zero attached hydrogens (tertiary/aromatic N) is 1. The Kier molecular flexibility index (Phi) is 3.04. The minimum atomic E-state index is 0.147. The van der Waals surface area contributed by atoms with E-state index >= 15 is 0 Å². The molecule has 0 saturated heterocycles. The monoisotopic (exact) mass is 178 g/mol. The maximum Gasteiger partial charge on any atom is 0.0405 e. The zero-order chi connectivity index (χ0) is 9.90. The van der Waals surface area contributed by atoms with Gasteiger partial charge in [-0.25, -0.2) is 0 Å². The molecule has 2 nitrogen and oxygen atoms in total. The quantitative estimate of drug-likeness (QED) is 0.765. The molecule has 0 atom stereocenters. The van der Waals surface area contributed by atoms with Crippen LogP contribution in [0.25, 0.3) is 0 Å².